The number of pyridine rings is 5. The Kier molecular flexibility index (Phi) is 33.9. The highest BCUT2D eigenvalue weighted by molar-refractivity contribution is 6.31. The van der Waals surface area contributed by atoms with Crippen LogP contribution in [0.15, 0.2) is 109 Å². The average Bonchev–Trinajstić information content (AvgIpc) is 1.63. The van der Waals surface area contributed by atoms with E-state index in [-0.39, 0.29) is 102 Å². The number of nitrogens with one attached hydrogen (secondary N) is 5. The number of ether oxygens (including phenoxy) is 5. The third-order valence-corrected chi connectivity index (χ3v) is 20.8. The molecule has 1 aliphatic heterocycles. The average molecular weight is 1820 g/mol. The number of rotatable bonds is 29. The van der Waals surface area contributed by atoms with Crippen LogP contribution in [0.25, 0.3) is 61.5 Å². The number of aromatic nitrogens is 15. The van der Waals surface area contributed by atoms with Crippen LogP contribution in [-0.4, -0.2) is 152 Å². The highest BCUT2D eigenvalue weighted by atomic mass is 35.5. The summed E-state index contributed by atoms with van der Waals surface area (Å²) in [7, 11) is 0. The van der Waals surface area contributed by atoms with Crippen LogP contribution in [0.5, 0.6) is 0 Å². The molecule has 2 saturated carbocycles. The van der Waals surface area contributed by atoms with Gasteiger partial charge in [-0.05, 0) is 229 Å². The summed E-state index contributed by atoms with van der Waals surface area (Å²) < 4.78 is 50.5. The van der Waals surface area contributed by atoms with Gasteiger partial charge in [-0.3, -0.25) is 58.0 Å². The van der Waals surface area contributed by atoms with Crippen molar-refractivity contribution in [1.82, 2.24) is 72.7 Å². The molecule has 11 heterocycles. The summed E-state index contributed by atoms with van der Waals surface area (Å²) in [4.78, 5) is 93.5. The molecule has 0 radical (unpaired) electrons. The van der Waals surface area contributed by atoms with Gasteiger partial charge in [0, 0.05) is 36.6 Å². The number of imidazole rings is 5. The fraction of sp³-hybridized carbons (Fsp3) is 0.511. The zero-order valence-electron chi connectivity index (χ0n) is 74.4. The lowest BCUT2D eigenvalue weighted by molar-refractivity contribution is -0.146. The fourth-order valence-corrected chi connectivity index (χ4v) is 14.6. The number of esters is 1. The summed E-state index contributed by atoms with van der Waals surface area (Å²) in [5, 5.41) is 17.3. The second kappa shape index (κ2) is 43.3. The van der Waals surface area contributed by atoms with E-state index < -0.39 is 0 Å². The van der Waals surface area contributed by atoms with E-state index in [2.05, 4.69) is 156 Å². The molecule has 0 bridgehead atoms. The number of hydrogen-bond donors (Lipinski definition) is 5. The van der Waals surface area contributed by atoms with Crippen LogP contribution in [0.2, 0.25) is 25.8 Å². The van der Waals surface area contributed by atoms with Crippen LogP contribution in [-0.2, 0) is 56.0 Å². The van der Waals surface area contributed by atoms with Gasteiger partial charge in [-0.2, -0.15) is 0 Å². The lowest BCUT2D eigenvalue weighted by Gasteiger charge is -2.28. The molecule has 11 aromatic rings. The molecular weight excluding hydrogens is 1700 g/mol. The molecule has 3 aliphatic rings. The third kappa shape index (κ3) is 29.3. The number of amides is 3. The number of carbonyl (C=O) groups excluding carboxylic acids is 4. The Balaban J connectivity index is 0.000000164. The van der Waals surface area contributed by atoms with Gasteiger partial charge in [-0.15, -0.1) is 0 Å². The van der Waals surface area contributed by atoms with E-state index in [9.17, 15) is 23.6 Å². The van der Waals surface area contributed by atoms with Crippen molar-refractivity contribution < 1.29 is 47.3 Å². The van der Waals surface area contributed by atoms with Crippen molar-refractivity contribution in [1.29, 1.82) is 0 Å². The van der Waals surface area contributed by atoms with Crippen LogP contribution in [0.1, 0.15) is 219 Å². The first-order valence-corrected chi connectivity index (χ1v) is 44.3. The molecule has 35 heteroatoms. The van der Waals surface area contributed by atoms with Crippen molar-refractivity contribution >= 4 is 167 Å². The van der Waals surface area contributed by atoms with Crippen LogP contribution in [0.3, 0.4) is 0 Å². The highest BCUT2D eigenvalue weighted by Gasteiger charge is 2.35. The first-order valence-electron chi connectivity index (χ1n) is 42.4. The number of fused-ring (bicyclic) bond motifs is 5. The van der Waals surface area contributed by atoms with Gasteiger partial charge in [0.1, 0.15) is 65.8 Å². The van der Waals surface area contributed by atoms with Gasteiger partial charge in [0.05, 0.1) is 80.6 Å². The van der Waals surface area contributed by atoms with E-state index >= 15 is 0 Å². The standard InChI is InChI=1S/C22H33ClN4O5.C19H20ClFN4.C18H23ClN4O2.C16H23ClN4.C15H19ClN4O2/c1-21(2,3)31-12-9-17(28)26-20-24-15-7-8-16(23)25-19(15)27(20)11-14-30-18(29)10-13-32-22(4,5)6;1-12(11-19(2,3)4)22-18-23-15-9-10-16(20)24-17(15)25(18)14-7-5-13(21)6-8-14;1-18(2)9-8-12(25-18)10-15(24)22-17-20-13-6-7-14(19)21-16(13)23(17)11-4-3-5-11;1-6-9-21-14-12(7-8-13(17)20-14)19-15(21)18-11(2)10-16(3,4)5;1-2-22-9-8-13(21)19-15-17-11-6-7-12(16)18-14(11)20(15)10-4-3-5-10/h7-8H,9-14H2,1-6H3,(H,24,26,28);5-10H,1,11H2,2-4H3,(H,22,23);6-7,11-12H,3-5,8-10H2,1-2H3,(H,20,22,24);7-8H,2,6,9-10H2,1,3-5H3,(H,18,19);6-7,10H,2-5,8-9H2,1H3,(H,17,19,21)/t;;12-;;/m..1../s1. The number of anilines is 5. The zero-order valence-corrected chi connectivity index (χ0v) is 78.2. The lowest BCUT2D eigenvalue weighted by Crippen LogP contribution is -2.26. The molecule has 5 N–H and O–H groups in total. The Morgan fingerprint density at radius 2 is 0.864 bits per heavy atom. The molecule has 3 fully saturated rings. The molecule has 2 aliphatic carbocycles. The molecule has 3 amide bonds. The van der Waals surface area contributed by atoms with Crippen molar-refractivity contribution in [3.63, 3.8) is 0 Å². The minimum absolute atomic E-state index is 0.0240. The van der Waals surface area contributed by atoms with Crippen LogP contribution < -0.4 is 26.6 Å². The number of nitrogens with zero attached hydrogens (tertiary/aromatic N) is 15. The van der Waals surface area contributed by atoms with Gasteiger partial charge < -0.3 is 34.3 Å². The molecule has 1 aromatic carbocycles. The maximum absolute atomic E-state index is 13.3. The summed E-state index contributed by atoms with van der Waals surface area (Å²) in [6.07, 6.45) is 12.2. The monoisotopic (exact) mass is 1820 g/mol. The first kappa shape index (κ1) is 97.7. The molecule has 674 valence electrons. The van der Waals surface area contributed by atoms with Gasteiger partial charge in [0.2, 0.25) is 47.5 Å². The lowest BCUT2D eigenvalue weighted by atomic mass is 9.91. The van der Waals surface area contributed by atoms with E-state index in [1.165, 1.54) is 25.0 Å². The third-order valence-electron chi connectivity index (χ3n) is 19.8. The van der Waals surface area contributed by atoms with E-state index in [1.54, 1.807) is 53.1 Å². The Morgan fingerprint density at radius 1 is 0.472 bits per heavy atom. The topological polar surface area (TPSA) is 328 Å². The van der Waals surface area contributed by atoms with Gasteiger partial charge in [-0.25, -0.2) is 54.2 Å². The van der Waals surface area contributed by atoms with E-state index in [4.69, 9.17) is 81.7 Å². The van der Waals surface area contributed by atoms with Crippen molar-refractivity contribution in [2.75, 3.05) is 59.6 Å². The minimum atomic E-state index is -0.366. The Hall–Kier alpha value is -9.50. The predicted molar refractivity (Wildman–Crippen MR) is 495 cm³/mol. The van der Waals surface area contributed by atoms with E-state index in [0.29, 0.717) is 110 Å². The number of benzene rings is 1. The Bertz CT molecular complexity index is 5580. The molecule has 1 saturated heterocycles. The van der Waals surface area contributed by atoms with E-state index in [1.807, 2.05) is 86.4 Å². The van der Waals surface area contributed by atoms with Crippen molar-refractivity contribution in [2.45, 2.75) is 255 Å². The summed E-state index contributed by atoms with van der Waals surface area (Å²) in [5.74, 6) is 1.71. The predicted octanol–water partition coefficient (Wildman–Crippen LogP) is 21.7. The van der Waals surface area contributed by atoms with Crippen LogP contribution in [0.4, 0.5) is 34.1 Å². The second-order valence-electron chi connectivity index (χ2n) is 36.0. The maximum Gasteiger partial charge on any atom is 0.308 e. The smallest absolute Gasteiger partial charge is 0.308 e. The minimum Gasteiger partial charge on any atom is -0.464 e. The first-order chi connectivity index (χ1) is 59.0. The van der Waals surface area contributed by atoms with Crippen molar-refractivity contribution in [3.05, 3.63) is 141 Å². The van der Waals surface area contributed by atoms with Gasteiger partial charge >= 0.3 is 5.97 Å². The molecule has 14 rings (SSSR count). The molecule has 0 unspecified atom stereocenters. The summed E-state index contributed by atoms with van der Waals surface area (Å²) in [5.41, 5.74) is 9.05. The van der Waals surface area contributed by atoms with Crippen LogP contribution in [0, 0.1) is 16.6 Å². The summed E-state index contributed by atoms with van der Waals surface area (Å²) in [6, 6.07) is 24.4. The Morgan fingerprint density at radius 3 is 1.30 bits per heavy atom. The largest absolute Gasteiger partial charge is 0.464 e. The molecule has 1 atom stereocenters. The van der Waals surface area contributed by atoms with E-state index in [0.717, 1.165) is 121 Å². The molecule has 125 heavy (non-hydrogen) atoms. The molecule has 29 nitrogen and oxygen atoms in total. The zero-order chi connectivity index (χ0) is 90.9. The quantitative estimate of drug-likeness (QED) is 0.0165. The number of halogens is 6. The van der Waals surface area contributed by atoms with Gasteiger partial charge in [0.15, 0.2) is 28.2 Å². The summed E-state index contributed by atoms with van der Waals surface area (Å²) in [6.45, 7) is 43.7. The number of hydrogen-bond acceptors (Lipinski definition) is 21. The summed E-state index contributed by atoms with van der Waals surface area (Å²) >= 11 is 30.2. The van der Waals surface area contributed by atoms with Crippen molar-refractivity contribution in [3.8, 4) is 5.69 Å². The number of aryl methyl sites for hydroxylation is 1. The molecule has 0 spiro atoms. The van der Waals surface area contributed by atoms with Gasteiger partial charge in [0.25, 0.3) is 0 Å². The maximum atomic E-state index is 13.3. The number of allylic oxidation sites excluding steroid dienone is 2. The molecular formula is C90H118Cl5FN20O9. The Labute approximate surface area is 754 Å². The molecule has 10 aromatic heterocycles. The highest BCUT2D eigenvalue weighted by Crippen LogP contribution is 2.40. The fourth-order valence-electron chi connectivity index (χ4n) is 13.9. The number of carbonyl (C=O) groups is 4. The SMILES string of the molecule is C=C(CC(C)(C)C)Nc1nc2ccc(Cl)nc2n1-c1ccc(F)cc1.C=C(CC(C)(C)C)Nc1nc2ccc(Cl)nc2n1CCC.CC(C)(C)OCCC(=O)Nc1nc2ccc(Cl)nc2n1CCOC(=O)CCOC(C)(C)C.CC1(C)CC[C@H](CC(=O)Nc2nc3ccc(Cl)nc3n2C2CCC2)O1.CCOCCC(=O)Nc1nc2ccc(Cl)nc2n1C1CCC1. The van der Waals surface area contributed by atoms with Crippen LogP contribution >= 0.6 is 58.0 Å². The second-order valence-corrected chi connectivity index (χ2v) is 37.9. The van der Waals surface area contributed by atoms with Crippen molar-refractivity contribution in [2.24, 2.45) is 10.8 Å². The normalized spacial score (nSPS) is 14.7. The van der Waals surface area contributed by atoms with Gasteiger partial charge in [-0.1, -0.05) is 120 Å².